The van der Waals surface area contributed by atoms with Gasteiger partial charge in [0.2, 0.25) is 0 Å². The monoisotopic (exact) mass is 400 g/mol. The third-order valence-electron chi connectivity index (χ3n) is 5.40. The van der Waals surface area contributed by atoms with Crippen LogP contribution in [0.5, 0.6) is 5.75 Å². The molecule has 0 aliphatic rings. The highest BCUT2D eigenvalue weighted by Gasteiger charge is 2.01. The number of para-hydroxylation sites is 1. The van der Waals surface area contributed by atoms with Gasteiger partial charge >= 0.3 is 5.97 Å². The predicted octanol–water partition coefficient (Wildman–Crippen LogP) is 8.80. The highest BCUT2D eigenvalue weighted by atomic mass is 16.5. The van der Waals surface area contributed by atoms with Gasteiger partial charge in [0.05, 0.1) is 6.42 Å². The fourth-order valence-electron chi connectivity index (χ4n) is 3.59. The van der Waals surface area contributed by atoms with Crippen LogP contribution in [0.3, 0.4) is 0 Å². The van der Waals surface area contributed by atoms with Gasteiger partial charge in [-0.25, -0.2) is 0 Å². The lowest BCUT2D eigenvalue weighted by atomic mass is 10.0. The zero-order chi connectivity index (χ0) is 20.8. The third-order valence-corrected chi connectivity index (χ3v) is 5.40. The Morgan fingerprint density at radius 2 is 1.17 bits per heavy atom. The molecule has 0 aliphatic carbocycles. The van der Waals surface area contributed by atoms with Gasteiger partial charge in [0, 0.05) is 0 Å². The number of unbranched alkanes of at least 4 members (excludes halogenated alkanes) is 15. The van der Waals surface area contributed by atoms with Gasteiger partial charge < -0.3 is 4.74 Å². The highest BCUT2D eigenvalue weighted by Crippen LogP contribution is 2.14. The maximum absolute atomic E-state index is 11.7. The van der Waals surface area contributed by atoms with E-state index in [1.807, 2.05) is 24.3 Å². The lowest BCUT2D eigenvalue weighted by Crippen LogP contribution is -2.05. The van der Waals surface area contributed by atoms with Gasteiger partial charge in [-0.2, -0.15) is 0 Å². The summed E-state index contributed by atoms with van der Waals surface area (Å²) < 4.78 is 5.26. The standard InChI is InChI=1S/C27H44O2/c1-2-3-4-5-6-7-8-9-10-11-12-13-14-15-16-17-18-22-25-27(28)29-26-23-20-19-21-24-26/h18-24H,2-17,25H2,1H3. The summed E-state index contributed by atoms with van der Waals surface area (Å²) in [5.74, 6) is 0.428. The van der Waals surface area contributed by atoms with Crippen LogP contribution in [0.2, 0.25) is 0 Å². The minimum atomic E-state index is -0.191. The molecular formula is C27H44O2. The Labute approximate surface area is 180 Å². The smallest absolute Gasteiger partial charge is 0.315 e. The molecule has 0 bridgehead atoms. The van der Waals surface area contributed by atoms with Crippen molar-refractivity contribution in [3.8, 4) is 5.75 Å². The van der Waals surface area contributed by atoms with E-state index in [9.17, 15) is 4.79 Å². The minimum Gasteiger partial charge on any atom is -0.426 e. The van der Waals surface area contributed by atoms with Crippen LogP contribution >= 0.6 is 0 Å². The Kier molecular flexibility index (Phi) is 17.3. The summed E-state index contributed by atoms with van der Waals surface area (Å²) in [7, 11) is 0. The summed E-state index contributed by atoms with van der Waals surface area (Å²) in [5.41, 5.74) is 0. The molecule has 1 aromatic carbocycles. The number of rotatable bonds is 19. The van der Waals surface area contributed by atoms with Gasteiger partial charge in [0.1, 0.15) is 5.75 Å². The quantitative estimate of drug-likeness (QED) is 0.100. The van der Waals surface area contributed by atoms with E-state index in [0.717, 1.165) is 6.42 Å². The molecule has 0 aliphatic heterocycles. The van der Waals surface area contributed by atoms with E-state index in [2.05, 4.69) is 13.0 Å². The topological polar surface area (TPSA) is 26.3 Å². The van der Waals surface area contributed by atoms with Crippen LogP contribution in [0.4, 0.5) is 0 Å². The first-order valence-electron chi connectivity index (χ1n) is 12.2. The van der Waals surface area contributed by atoms with Gasteiger partial charge in [-0.3, -0.25) is 4.79 Å². The number of benzene rings is 1. The molecule has 0 atom stereocenters. The highest BCUT2D eigenvalue weighted by molar-refractivity contribution is 5.73. The summed E-state index contributed by atoms with van der Waals surface area (Å²) in [6.07, 6.45) is 26.4. The van der Waals surface area contributed by atoms with Crippen LogP contribution in [0.15, 0.2) is 42.5 Å². The molecule has 0 N–H and O–H groups in total. The fraction of sp³-hybridized carbons (Fsp3) is 0.667. The Hall–Kier alpha value is -1.57. The van der Waals surface area contributed by atoms with Crippen molar-refractivity contribution >= 4 is 5.97 Å². The second-order valence-electron chi connectivity index (χ2n) is 8.20. The van der Waals surface area contributed by atoms with Gasteiger partial charge in [-0.05, 0) is 25.0 Å². The molecule has 0 amide bonds. The molecule has 1 rings (SSSR count). The van der Waals surface area contributed by atoms with Gasteiger partial charge in [0.25, 0.3) is 0 Å². The number of esters is 1. The number of ether oxygens (including phenoxy) is 1. The fourth-order valence-corrected chi connectivity index (χ4v) is 3.59. The Balaban J connectivity index is 1.78. The normalized spacial score (nSPS) is 11.2. The van der Waals surface area contributed by atoms with E-state index in [1.165, 1.54) is 96.3 Å². The summed E-state index contributed by atoms with van der Waals surface area (Å²) >= 11 is 0. The van der Waals surface area contributed by atoms with Crippen molar-refractivity contribution in [3.05, 3.63) is 42.5 Å². The van der Waals surface area contributed by atoms with E-state index in [0.29, 0.717) is 12.2 Å². The van der Waals surface area contributed by atoms with Crippen LogP contribution < -0.4 is 4.74 Å². The summed E-state index contributed by atoms with van der Waals surface area (Å²) in [4.78, 5) is 11.7. The molecule has 0 aromatic heterocycles. The number of carbonyl (C=O) groups is 1. The average Bonchev–Trinajstić information content (AvgIpc) is 2.73. The molecule has 0 radical (unpaired) electrons. The molecule has 0 spiro atoms. The molecule has 2 heteroatoms. The molecule has 0 saturated carbocycles. The summed E-state index contributed by atoms with van der Waals surface area (Å²) in [6.45, 7) is 2.28. The minimum absolute atomic E-state index is 0.191. The number of carbonyl (C=O) groups excluding carboxylic acids is 1. The Bertz CT molecular complexity index is 507. The zero-order valence-corrected chi connectivity index (χ0v) is 18.9. The lowest BCUT2D eigenvalue weighted by Gasteiger charge is -2.03. The number of hydrogen-bond acceptors (Lipinski definition) is 2. The van der Waals surface area contributed by atoms with E-state index < -0.39 is 0 Å². The van der Waals surface area contributed by atoms with Crippen molar-refractivity contribution < 1.29 is 9.53 Å². The van der Waals surface area contributed by atoms with Gasteiger partial charge in [-0.1, -0.05) is 127 Å². The third kappa shape index (κ3) is 17.0. The first kappa shape index (κ1) is 25.5. The van der Waals surface area contributed by atoms with Crippen LogP contribution in [0, 0.1) is 0 Å². The molecule has 0 unspecified atom stereocenters. The van der Waals surface area contributed by atoms with Crippen molar-refractivity contribution in [2.45, 2.75) is 116 Å². The molecular weight excluding hydrogens is 356 g/mol. The van der Waals surface area contributed by atoms with Crippen molar-refractivity contribution in [2.24, 2.45) is 0 Å². The van der Waals surface area contributed by atoms with Crippen molar-refractivity contribution in [1.29, 1.82) is 0 Å². The maximum Gasteiger partial charge on any atom is 0.315 e. The largest absolute Gasteiger partial charge is 0.426 e. The zero-order valence-electron chi connectivity index (χ0n) is 18.9. The molecule has 0 saturated heterocycles. The van der Waals surface area contributed by atoms with E-state index in [-0.39, 0.29) is 5.97 Å². The Morgan fingerprint density at radius 1 is 0.690 bits per heavy atom. The molecule has 0 heterocycles. The first-order chi connectivity index (χ1) is 14.3. The predicted molar refractivity (Wildman–Crippen MR) is 125 cm³/mol. The van der Waals surface area contributed by atoms with Crippen molar-refractivity contribution in [1.82, 2.24) is 0 Å². The second-order valence-corrected chi connectivity index (χ2v) is 8.20. The van der Waals surface area contributed by atoms with Gasteiger partial charge in [0.15, 0.2) is 0 Å². The molecule has 29 heavy (non-hydrogen) atoms. The maximum atomic E-state index is 11.7. The molecule has 1 aromatic rings. The van der Waals surface area contributed by atoms with Crippen LogP contribution in [0.1, 0.15) is 116 Å². The summed E-state index contributed by atoms with van der Waals surface area (Å²) in [6, 6.07) is 9.26. The lowest BCUT2D eigenvalue weighted by molar-refractivity contribution is -0.133. The van der Waals surface area contributed by atoms with Crippen LogP contribution in [0.25, 0.3) is 0 Å². The summed E-state index contributed by atoms with van der Waals surface area (Å²) in [5, 5.41) is 0. The van der Waals surface area contributed by atoms with Crippen LogP contribution in [-0.2, 0) is 4.79 Å². The van der Waals surface area contributed by atoms with Crippen molar-refractivity contribution in [3.63, 3.8) is 0 Å². The van der Waals surface area contributed by atoms with Crippen LogP contribution in [-0.4, -0.2) is 5.97 Å². The SMILES string of the molecule is CCCCCCCCCCCCCCCCCC=CCC(=O)Oc1ccccc1. The first-order valence-corrected chi connectivity index (χ1v) is 12.2. The second kappa shape index (κ2) is 19.7. The molecule has 2 nitrogen and oxygen atoms in total. The van der Waals surface area contributed by atoms with E-state index >= 15 is 0 Å². The Morgan fingerprint density at radius 3 is 1.69 bits per heavy atom. The molecule has 164 valence electrons. The number of hydrogen-bond donors (Lipinski definition) is 0. The number of allylic oxidation sites excluding steroid dienone is 1. The average molecular weight is 401 g/mol. The van der Waals surface area contributed by atoms with E-state index in [1.54, 1.807) is 12.1 Å². The molecule has 0 fully saturated rings. The van der Waals surface area contributed by atoms with Crippen molar-refractivity contribution in [2.75, 3.05) is 0 Å². The van der Waals surface area contributed by atoms with E-state index in [4.69, 9.17) is 4.74 Å². The van der Waals surface area contributed by atoms with Gasteiger partial charge in [-0.15, -0.1) is 0 Å².